The molecule has 1 aromatic carbocycles. The van der Waals surface area contributed by atoms with Crippen LogP contribution in [0.1, 0.15) is 23.2 Å². The number of fused-ring (bicyclic) bond motifs is 1. The first-order valence-electron chi connectivity index (χ1n) is 11.7. The Hall–Kier alpha value is -3.95. The Bertz CT molecular complexity index is 1230. The Morgan fingerprint density at radius 1 is 1.17 bits per heavy atom. The average molecular weight is 479 g/mol. The molecule has 0 spiro atoms. The number of amides is 2. The predicted molar refractivity (Wildman–Crippen MR) is 129 cm³/mol. The molecule has 182 valence electrons. The number of anilines is 1. The van der Waals surface area contributed by atoms with Crippen molar-refractivity contribution in [3.05, 3.63) is 60.8 Å². The number of piperidine rings is 1. The number of nitrogens with zero attached hydrogens (tertiary/aromatic N) is 4. The first-order chi connectivity index (χ1) is 17.0. The maximum atomic E-state index is 13.2. The van der Waals surface area contributed by atoms with Crippen LogP contribution in [0.5, 0.6) is 5.75 Å². The van der Waals surface area contributed by atoms with E-state index in [0.29, 0.717) is 66.8 Å². The summed E-state index contributed by atoms with van der Waals surface area (Å²) in [4.78, 5) is 40.3. The third-order valence-electron chi connectivity index (χ3n) is 6.61. The van der Waals surface area contributed by atoms with E-state index in [1.165, 1.54) is 24.5 Å². The van der Waals surface area contributed by atoms with Gasteiger partial charge in [0.1, 0.15) is 35.5 Å². The maximum absolute atomic E-state index is 13.2. The molecule has 0 atom stereocenters. The molecule has 0 unspecified atom stereocenters. The van der Waals surface area contributed by atoms with E-state index >= 15 is 0 Å². The van der Waals surface area contributed by atoms with E-state index in [1.807, 2.05) is 4.90 Å². The summed E-state index contributed by atoms with van der Waals surface area (Å²) in [6, 6.07) is 5.86. The molecule has 2 N–H and O–H groups in total. The lowest BCUT2D eigenvalue weighted by Crippen LogP contribution is -2.56. The lowest BCUT2D eigenvalue weighted by atomic mass is 9.96. The van der Waals surface area contributed by atoms with Gasteiger partial charge in [-0.1, -0.05) is 6.58 Å². The van der Waals surface area contributed by atoms with Crippen LogP contribution in [0.2, 0.25) is 0 Å². The molecule has 4 heterocycles. The van der Waals surface area contributed by atoms with Crippen LogP contribution >= 0.6 is 0 Å². The molecule has 2 aromatic heterocycles. The summed E-state index contributed by atoms with van der Waals surface area (Å²) in [5.41, 5.74) is 1.10. The SMILES string of the molecule is C=CC(=O)N1CCC(CNc2ncnc3[nH]cc(C(=O)N4CC(Oc5ccc(F)cc5)C4)c23)CC1. The summed E-state index contributed by atoms with van der Waals surface area (Å²) >= 11 is 0. The Labute approximate surface area is 202 Å². The number of carbonyl (C=O) groups excluding carboxylic acids is 2. The van der Waals surface area contributed by atoms with Crippen LogP contribution in [0.25, 0.3) is 11.0 Å². The summed E-state index contributed by atoms with van der Waals surface area (Å²) in [6.07, 6.45) is 6.14. The fourth-order valence-electron chi connectivity index (χ4n) is 4.55. The molecular weight excluding hydrogens is 451 g/mol. The van der Waals surface area contributed by atoms with Gasteiger partial charge in [0.05, 0.1) is 24.0 Å². The van der Waals surface area contributed by atoms with E-state index in [4.69, 9.17) is 4.74 Å². The second-order valence-corrected chi connectivity index (χ2v) is 8.91. The first-order valence-corrected chi connectivity index (χ1v) is 11.7. The minimum absolute atomic E-state index is 0.0271. The number of hydrogen-bond acceptors (Lipinski definition) is 6. The third-order valence-corrected chi connectivity index (χ3v) is 6.61. The van der Waals surface area contributed by atoms with Crippen molar-refractivity contribution < 1.29 is 18.7 Å². The normalized spacial score (nSPS) is 16.7. The molecule has 2 aliphatic heterocycles. The van der Waals surface area contributed by atoms with E-state index in [0.717, 1.165) is 12.8 Å². The second-order valence-electron chi connectivity index (χ2n) is 8.91. The summed E-state index contributed by atoms with van der Waals surface area (Å²) < 4.78 is 18.9. The average Bonchev–Trinajstić information content (AvgIpc) is 3.30. The van der Waals surface area contributed by atoms with Crippen molar-refractivity contribution in [3.63, 3.8) is 0 Å². The highest BCUT2D eigenvalue weighted by Gasteiger charge is 2.34. The highest BCUT2D eigenvalue weighted by molar-refractivity contribution is 6.09. The van der Waals surface area contributed by atoms with Crippen molar-refractivity contribution in [1.29, 1.82) is 0 Å². The smallest absolute Gasteiger partial charge is 0.256 e. The Kier molecular flexibility index (Phi) is 6.35. The van der Waals surface area contributed by atoms with Gasteiger partial charge < -0.3 is 24.8 Å². The summed E-state index contributed by atoms with van der Waals surface area (Å²) in [5, 5.41) is 4.06. The van der Waals surface area contributed by atoms with Crippen molar-refractivity contribution in [2.45, 2.75) is 18.9 Å². The zero-order chi connectivity index (χ0) is 24.4. The van der Waals surface area contributed by atoms with Gasteiger partial charge in [-0.2, -0.15) is 0 Å². The number of aromatic amines is 1. The van der Waals surface area contributed by atoms with Crippen molar-refractivity contribution in [3.8, 4) is 5.75 Å². The Balaban J connectivity index is 1.21. The molecule has 35 heavy (non-hydrogen) atoms. The quantitative estimate of drug-likeness (QED) is 0.506. The van der Waals surface area contributed by atoms with Gasteiger partial charge in [0.25, 0.3) is 5.91 Å². The van der Waals surface area contributed by atoms with E-state index in [1.54, 1.807) is 23.2 Å². The number of rotatable bonds is 7. The molecule has 2 amide bonds. The van der Waals surface area contributed by atoms with Crippen LogP contribution in [-0.2, 0) is 4.79 Å². The number of H-pyrrole nitrogens is 1. The van der Waals surface area contributed by atoms with Crippen LogP contribution in [0.4, 0.5) is 10.2 Å². The number of hydrogen-bond donors (Lipinski definition) is 2. The number of nitrogens with one attached hydrogen (secondary N) is 2. The molecule has 0 aliphatic carbocycles. The number of aromatic nitrogens is 3. The largest absolute Gasteiger partial charge is 0.487 e. The highest BCUT2D eigenvalue weighted by atomic mass is 19.1. The summed E-state index contributed by atoms with van der Waals surface area (Å²) in [6.45, 7) is 6.56. The van der Waals surface area contributed by atoms with Crippen LogP contribution in [0.3, 0.4) is 0 Å². The highest BCUT2D eigenvalue weighted by Crippen LogP contribution is 2.28. The fraction of sp³-hybridized carbons (Fsp3) is 0.360. The monoisotopic (exact) mass is 478 g/mol. The summed E-state index contributed by atoms with van der Waals surface area (Å²) in [7, 11) is 0. The Morgan fingerprint density at radius 3 is 2.63 bits per heavy atom. The van der Waals surface area contributed by atoms with Crippen molar-refractivity contribution in [2.75, 3.05) is 38.0 Å². The third kappa shape index (κ3) is 4.82. The van der Waals surface area contributed by atoms with Gasteiger partial charge in [0.2, 0.25) is 5.91 Å². The van der Waals surface area contributed by atoms with Gasteiger partial charge in [-0.3, -0.25) is 9.59 Å². The second kappa shape index (κ2) is 9.73. The van der Waals surface area contributed by atoms with Gasteiger partial charge in [0.15, 0.2) is 0 Å². The van der Waals surface area contributed by atoms with Crippen LogP contribution in [0.15, 0.2) is 49.4 Å². The first kappa shape index (κ1) is 22.8. The maximum Gasteiger partial charge on any atom is 0.256 e. The standard InChI is InChI=1S/C25H27FN6O3/c1-2-21(33)31-9-7-16(8-10-31)11-27-23-22-20(12-28-24(22)30-15-29-23)25(34)32-13-19(14-32)35-18-5-3-17(26)4-6-18/h2-6,12,15-16,19H,1,7-11,13-14H2,(H2,27,28,29,30). The van der Waals surface area contributed by atoms with Gasteiger partial charge in [-0.25, -0.2) is 14.4 Å². The fourth-order valence-corrected chi connectivity index (χ4v) is 4.55. The molecule has 0 radical (unpaired) electrons. The predicted octanol–water partition coefficient (Wildman–Crippen LogP) is 2.84. The van der Waals surface area contributed by atoms with Crippen molar-refractivity contribution >= 4 is 28.7 Å². The van der Waals surface area contributed by atoms with E-state index < -0.39 is 0 Å². The van der Waals surface area contributed by atoms with Crippen LogP contribution < -0.4 is 10.1 Å². The molecule has 5 rings (SSSR count). The minimum atomic E-state index is -0.318. The zero-order valence-electron chi connectivity index (χ0n) is 19.2. The number of carbonyl (C=O) groups is 2. The molecule has 0 saturated carbocycles. The molecule has 2 aliphatic rings. The van der Waals surface area contributed by atoms with Gasteiger partial charge in [-0.05, 0) is 49.1 Å². The van der Waals surface area contributed by atoms with Crippen molar-refractivity contribution in [2.24, 2.45) is 5.92 Å². The van der Waals surface area contributed by atoms with Gasteiger partial charge in [0, 0.05) is 25.8 Å². The van der Waals surface area contributed by atoms with Crippen LogP contribution in [0, 0.1) is 11.7 Å². The van der Waals surface area contributed by atoms with Crippen LogP contribution in [-0.4, -0.2) is 75.4 Å². The lowest BCUT2D eigenvalue weighted by Gasteiger charge is -2.38. The van der Waals surface area contributed by atoms with E-state index in [2.05, 4.69) is 26.8 Å². The van der Waals surface area contributed by atoms with Gasteiger partial charge in [-0.15, -0.1) is 0 Å². The number of halogens is 1. The number of likely N-dealkylation sites (tertiary alicyclic amines) is 2. The van der Waals surface area contributed by atoms with E-state index in [-0.39, 0.29) is 23.7 Å². The number of benzene rings is 1. The minimum Gasteiger partial charge on any atom is -0.487 e. The molecule has 3 aromatic rings. The summed E-state index contributed by atoms with van der Waals surface area (Å²) in [5.74, 6) is 1.12. The molecule has 10 heteroatoms. The molecule has 0 bridgehead atoms. The number of ether oxygens (including phenoxy) is 1. The Morgan fingerprint density at radius 2 is 1.91 bits per heavy atom. The van der Waals surface area contributed by atoms with E-state index in [9.17, 15) is 14.0 Å². The molecule has 2 saturated heterocycles. The molecular formula is C25H27FN6O3. The zero-order valence-corrected chi connectivity index (χ0v) is 19.2. The lowest BCUT2D eigenvalue weighted by molar-refractivity contribution is -0.127. The molecule has 2 fully saturated rings. The topological polar surface area (TPSA) is 103 Å². The van der Waals surface area contributed by atoms with Crippen molar-refractivity contribution in [1.82, 2.24) is 24.8 Å². The van der Waals surface area contributed by atoms with Gasteiger partial charge >= 0.3 is 0 Å². The molecule has 9 nitrogen and oxygen atoms in total.